The van der Waals surface area contributed by atoms with Crippen LogP contribution in [0.4, 0.5) is 13.2 Å². The van der Waals surface area contributed by atoms with Crippen molar-refractivity contribution in [2.24, 2.45) is 0 Å². The van der Waals surface area contributed by atoms with Gasteiger partial charge in [-0.2, -0.15) is 0 Å². The molecule has 0 bridgehead atoms. The number of carbonyl (C=O) groups is 2. The predicted molar refractivity (Wildman–Crippen MR) is 90.9 cm³/mol. The van der Waals surface area contributed by atoms with Gasteiger partial charge in [-0.1, -0.05) is 13.0 Å². The van der Waals surface area contributed by atoms with Crippen LogP contribution in [0, 0.1) is 17.5 Å². The number of carbonyl (C=O) groups excluding carboxylic acids is 1. The summed E-state index contributed by atoms with van der Waals surface area (Å²) in [4.78, 5) is 23.3. The second kappa shape index (κ2) is 9.07. The number of amides is 1. The molecule has 2 N–H and O–H groups in total. The molecule has 1 amide bonds. The molecule has 2 aromatic carbocycles. The average Bonchev–Trinajstić information content (AvgIpc) is 2.59. The van der Waals surface area contributed by atoms with E-state index in [2.05, 4.69) is 5.32 Å². The van der Waals surface area contributed by atoms with E-state index in [4.69, 9.17) is 4.74 Å². The van der Waals surface area contributed by atoms with Crippen molar-refractivity contribution >= 4 is 11.9 Å². The number of benzene rings is 2. The van der Waals surface area contributed by atoms with Crippen LogP contribution < -0.4 is 10.1 Å². The lowest BCUT2D eigenvalue weighted by Gasteiger charge is -2.17. The molecule has 0 aromatic heterocycles. The summed E-state index contributed by atoms with van der Waals surface area (Å²) in [6, 6.07) is 7.88. The summed E-state index contributed by atoms with van der Waals surface area (Å²) in [6.07, 6.45) is -1.50. The van der Waals surface area contributed by atoms with E-state index in [0.717, 1.165) is 24.3 Å². The third-order valence-electron chi connectivity index (χ3n) is 3.84. The molecular formula is C19H18F3NO4. The molecule has 5 nitrogen and oxygen atoms in total. The van der Waals surface area contributed by atoms with E-state index in [1.807, 2.05) is 0 Å². The van der Waals surface area contributed by atoms with Crippen molar-refractivity contribution in [1.82, 2.24) is 5.32 Å². The molecular weight excluding hydrogens is 363 g/mol. The van der Waals surface area contributed by atoms with E-state index < -0.39 is 41.4 Å². The van der Waals surface area contributed by atoms with Crippen LogP contribution in [0.15, 0.2) is 42.5 Å². The first-order valence-corrected chi connectivity index (χ1v) is 8.13. The van der Waals surface area contributed by atoms with E-state index in [1.165, 1.54) is 18.2 Å². The first kappa shape index (κ1) is 20.3. The van der Waals surface area contributed by atoms with Crippen LogP contribution in [0.2, 0.25) is 0 Å². The van der Waals surface area contributed by atoms with E-state index in [1.54, 1.807) is 6.92 Å². The van der Waals surface area contributed by atoms with E-state index in [-0.39, 0.29) is 24.3 Å². The predicted octanol–water partition coefficient (Wildman–Crippen LogP) is 3.25. The van der Waals surface area contributed by atoms with Gasteiger partial charge in [0.1, 0.15) is 23.2 Å². The molecule has 0 saturated heterocycles. The molecule has 0 radical (unpaired) electrons. The highest BCUT2D eigenvalue weighted by Crippen LogP contribution is 2.22. The van der Waals surface area contributed by atoms with Gasteiger partial charge in [0, 0.05) is 12.5 Å². The SMILES string of the molecule is CC(CC(=O)NCC(Oc1ccc(F)cc1)C(=O)O)c1ccc(F)cc1F. The van der Waals surface area contributed by atoms with Crippen LogP contribution in [0.25, 0.3) is 0 Å². The quantitative estimate of drug-likeness (QED) is 0.736. The van der Waals surface area contributed by atoms with E-state index in [0.29, 0.717) is 0 Å². The number of ether oxygens (including phenoxy) is 1. The average molecular weight is 381 g/mol. The highest BCUT2D eigenvalue weighted by atomic mass is 19.1. The Hall–Kier alpha value is -3.03. The number of nitrogens with one attached hydrogen (secondary N) is 1. The smallest absolute Gasteiger partial charge is 0.346 e. The summed E-state index contributed by atoms with van der Waals surface area (Å²) < 4.78 is 44.8. The topological polar surface area (TPSA) is 75.6 Å². The fourth-order valence-corrected chi connectivity index (χ4v) is 2.42. The lowest BCUT2D eigenvalue weighted by Crippen LogP contribution is -2.40. The lowest BCUT2D eigenvalue weighted by molar-refractivity contribution is -0.145. The Labute approximate surface area is 153 Å². The molecule has 144 valence electrons. The number of hydrogen-bond acceptors (Lipinski definition) is 3. The molecule has 8 heteroatoms. The lowest BCUT2D eigenvalue weighted by atomic mass is 9.97. The van der Waals surface area contributed by atoms with Gasteiger partial charge >= 0.3 is 5.97 Å². The van der Waals surface area contributed by atoms with Gasteiger partial charge in [-0.3, -0.25) is 4.79 Å². The molecule has 2 rings (SSSR count). The summed E-state index contributed by atoms with van der Waals surface area (Å²) in [5, 5.41) is 11.6. The summed E-state index contributed by atoms with van der Waals surface area (Å²) in [5.41, 5.74) is 0.184. The van der Waals surface area contributed by atoms with Gasteiger partial charge in [-0.15, -0.1) is 0 Å². The highest BCUT2D eigenvalue weighted by molar-refractivity contribution is 5.79. The van der Waals surface area contributed by atoms with Crippen molar-refractivity contribution in [3.63, 3.8) is 0 Å². The number of halogens is 3. The fourth-order valence-electron chi connectivity index (χ4n) is 2.42. The Kier molecular flexibility index (Phi) is 6.81. The summed E-state index contributed by atoms with van der Waals surface area (Å²) in [7, 11) is 0. The maximum atomic E-state index is 13.7. The standard InChI is InChI=1S/C19H18F3NO4/c1-11(15-7-4-13(21)9-16(15)22)8-18(24)23-10-17(19(25)26)27-14-5-2-12(20)3-6-14/h2-7,9,11,17H,8,10H2,1H3,(H,23,24)(H,25,26). The van der Waals surface area contributed by atoms with Crippen LogP contribution in [-0.4, -0.2) is 29.6 Å². The van der Waals surface area contributed by atoms with Crippen molar-refractivity contribution in [2.45, 2.75) is 25.4 Å². The molecule has 2 unspecified atom stereocenters. The summed E-state index contributed by atoms with van der Waals surface area (Å²) in [6.45, 7) is 1.27. The monoisotopic (exact) mass is 381 g/mol. The third-order valence-corrected chi connectivity index (χ3v) is 3.84. The van der Waals surface area contributed by atoms with Crippen molar-refractivity contribution in [1.29, 1.82) is 0 Å². The largest absolute Gasteiger partial charge is 0.478 e. The normalized spacial score (nSPS) is 12.9. The zero-order valence-corrected chi connectivity index (χ0v) is 14.4. The van der Waals surface area contributed by atoms with Gasteiger partial charge < -0.3 is 15.2 Å². The van der Waals surface area contributed by atoms with Crippen LogP contribution >= 0.6 is 0 Å². The van der Waals surface area contributed by atoms with Crippen molar-refractivity contribution in [3.8, 4) is 5.75 Å². The first-order chi connectivity index (χ1) is 12.8. The number of aliphatic carboxylic acids is 1. The highest BCUT2D eigenvalue weighted by Gasteiger charge is 2.22. The summed E-state index contributed by atoms with van der Waals surface area (Å²) in [5.74, 6) is -4.18. The number of rotatable bonds is 8. The maximum Gasteiger partial charge on any atom is 0.346 e. The van der Waals surface area contributed by atoms with Gasteiger partial charge in [0.15, 0.2) is 0 Å². The molecule has 0 spiro atoms. The van der Waals surface area contributed by atoms with Gasteiger partial charge in [-0.05, 0) is 41.8 Å². The third kappa shape index (κ3) is 6.02. The number of carboxylic acid groups (broad SMARTS) is 1. The number of carboxylic acids is 1. The summed E-state index contributed by atoms with van der Waals surface area (Å²) >= 11 is 0. The molecule has 2 atom stereocenters. The minimum Gasteiger partial charge on any atom is -0.478 e. The van der Waals surface area contributed by atoms with Crippen LogP contribution in [0.3, 0.4) is 0 Å². The minimum absolute atomic E-state index is 0.120. The van der Waals surface area contributed by atoms with Crippen molar-refractivity contribution < 1.29 is 32.6 Å². The van der Waals surface area contributed by atoms with Crippen LogP contribution in [0.1, 0.15) is 24.8 Å². The van der Waals surface area contributed by atoms with Crippen molar-refractivity contribution in [2.75, 3.05) is 6.54 Å². The fraction of sp³-hybridized carbons (Fsp3) is 0.263. The molecule has 0 saturated carbocycles. The Balaban J connectivity index is 1.91. The van der Waals surface area contributed by atoms with Gasteiger partial charge in [0.05, 0.1) is 6.54 Å². The Bertz CT molecular complexity index is 811. The van der Waals surface area contributed by atoms with E-state index >= 15 is 0 Å². The second-order valence-electron chi connectivity index (χ2n) is 5.97. The zero-order chi connectivity index (χ0) is 20.0. The molecule has 0 fully saturated rings. The zero-order valence-electron chi connectivity index (χ0n) is 14.4. The minimum atomic E-state index is -1.38. The molecule has 0 aliphatic rings. The Morgan fingerprint density at radius 2 is 1.70 bits per heavy atom. The number of hydrogen-bond donors (Lipinski definition) is 2. The Morgan fingerprint density at radius 1 is 1.07 bits per heavy atom. The van der Waals surface area contributed by atoms with Crippen LogP contribution in [-0.2, 0) is 9.59 Å². The van der Waals surface area contributed by atoms with E-state index in [9.17, 15) is 27.9 Å². The molecule has 0 aliphatic heterocycles. The first-order valence-electron chi connectivity index (χ1n) is 8.13. The Morgan fingerprint density at radius 3 is 2.30 bits per heavy atom. The molecule has 0 heterocycles. The van der Waals surface area contributed by atoms with Gasteiger partial charge in [0.2, 0.25) is 12.0 Å². The van der Waals surface area contributed by atoms with Crippen LogP contribution in [0.5, 0.6) is 5.75 Å². The second-order valence-corrected chi connectivity index (χ2v) is 5.97. The molecule has 2 aromatic rings. The molecule has 0 aliphatic carbocycles. The van der Waals surface area contributed by atoms with Gasteiger partial charge in [-0.25, -0.2) is 18.0 Å². The maximum absolute atomic E-state index is 13.7. The van der Waals surface area contributed by atoms with Gasteiger partial charge in [0.25, 0.3) is 0 Å². The molecule has 27 heavy (non-hydrogen) atoms. The van der Waals surface area contributed by atoms with Crippen molar-refractivity contribution in [3.05, 3.63) is 65.5 Å².